The minimum atomic E-state index is 0.535. The van der Waals surface area contributed by atoms with Crippen molar-refractivity contribution in [3.8, 4) is 0 Å². The van der Waals surface area contributed by atoms with Gasteiger partial charge < -0.3 is 0 Å². The number of aliphatic imine (C=N–C) groups is 1. The van der Waals surface area contributed by atoms with Crippen molar-refractivity contribution in [2.75, 3.05) is 0 Å². The Morgan fingerprint density at radius 3 is 2.24 bits per heavy atom. The Balaban J connectivity index is 2.02. The number of nitrogens with zero attached hydrogens (tertiary/aromatic N) is 1. The van der Waals surface area contributed by atoms with Crippen LogP contribution in [0.15, 0.2) is 65.7 Å². The Morgan fingerprint density at radius 1 is 1.05 bits per heavy atom. The molecule has 21 heavy (non-hydrogen) atoms. The molecule has 2 rings (SSSR count). The fourth-order valence-corrected chi connectivity index (χ4v) is 1.97. The molecule has 0 heterocycles. The van der Waals surface area contributed by atoms with Crippen LogP contribution in [0.5, 0.6) is 0 Å². The van der Waals surface area contributed by atoms with Gasteiger partial charge in [0, 0.05) is 6.21 Å². The quantitative estimate of drug-likeness (QED) is 0.505. The van der Waals surface area contributed by atoms with Gasteiger partial charge in [-0.2, -0.15) is 0 Å². The van der Waals surface area contributed by atoms with Gasteiger partial charge in [0.15, 0.2) is 0 Å². The first-order valence-corrected chi connectivity index (χ1v) is 7.42. The maximum absolute atomic E-state index is 4.49. The molecular formula is C20H23N. The summed E-state index contributed by atoms with van der Waals surface area (Å²) in [5.74, 6) is 0.535. The van der Waals surface area contributed by atoms with Gasteiger partial charge in [0.2, 0.25) is 0 Å². The van der Waals surface area contributed by atoms with E-state index >= 15 is 0 Å². The SMILES string of the molecule is C=C(Cc1ccc(C=Nc2ccc(C)cc2)cc1)C(C)C. The Bertz CT molecular complexity index is 616. The molecule has 0 bridgehead atoms. The zero-order chi connectivity index (χ0) is 15.2. The van der Waals surface area contributed by atoms with Crippen LogP contribution in [0, 0.1) is 12.8 Å². The summed E-state index contributed by atoms with van der Waals surface area (Å²) in [4.78, 5) is 4.49. The molecule has 2 aromatic carbocycles. The Morgan fingerprint density at radius 2 is 1.67 bits per heavy atom. The zero-order valence-electron chi connectivity index (χ0n) is 13.1. The largest absolute Gasteiger partial charge is 0.256 e. The van der Waals surface area contributed by atoms with Crippen LogP contribution in [-0.4, -0.2) is 6.21 Å². The van der Waals surface area contributed by atoms with E-state index in [2.05, 4.69) is 68.7 Å². The summed E-state index contributed by atoms with van der Waals surface area (Å²) < 4.78 is 0. The van der Waals surface area contributed by atoms with Crippen molar-refractivity contribution in [3.05, 3.63) is 77.4 Å². The van der Waals surface area contributed by atoms with Gasteiger partial charge in [0.05, 0.1) is 5.69 Å². The molecule has 0 atom stereocenters. The van der Waals surface area contributed by atoms with Crippen molar-refractivity contribution in [1.29, 1.82) is 0 Å². The fraction of sp³-hybridized carbons (Fsp3) is 0.250. The summed E-state index contributed by atoms with van der Waals surface area (Å²) in [5.41, 5.74) is 5.94. The highest BCUT2D eigenvalue weighted by molar-refractivity contribution is 5.81. The van der Waals surface area contributed by atoms with E-state index in [1.165, 1.54) is 16.7 Å². The summed E-state index contributed by atoms with van der Waals surface area (Å²) in [6, 6.07) is 16.8. The van der Waals surface area contributed by atoms with Crippen LogP contribution >= 0.6 is 0 Å². The van der Waals surface area contributed by atoms with Crippen LogP contribution in [-0.2, 0) is 6.42 Å². The number of rotatable bonds is 5. The van der Waals surface area contributed by atoms with Crippen molar-refractivity contribution in [2.45, 2.75) is 27.2 Å². The van der Waals surface area contributed by atoms with Crippen LogP contribution in [0.1, 0.15) is 30.5 Å². The molecule has 0 aromatic heterocycles. The van der Waals surface area contributed by atoms with E-state index in [1.807, 2.05) is 18.3 Å². The highest BCUT2D eigenvalue weighted by atomic mass is 14.7. The van der Waals surface area contributed by atoms with Crippen LogP contribution in [0.2, 0.25) is 0 Å². The van der Waals surface area contributed by atoms with E-state index < -0.39 is 0 Å². The van der Waals surface area contributed by atoms with E-state index in [0.717, 1.165) is 17.7 Å². The third-order valence-electron chi connectivity index (χ3n) is 3.62. The molecule has 0 radical (unpaired) electrons. The maximum atomic E-state index is 4.49. The molecule has 108 valence electrons. The van der Waals surface area contributed by atoms with Crippen LogP contribution in [0.4, 0.5) is 5.69 Å². The Kier molecular flexibility index (Phi) is 5.10. The minimum absolute atomic E-state index is 0.535. The van der Waals surface area contributed by atoms with Crippen molar-refractivity contribution in [2.24, 2.45) is 10.9 Å². The topological polar surface area (TPSA) is 12.4 Å². The van der Waals surface area contributed by atoms with E-state index in [9.17, 15) is 0 Å². The number of benzene rings is 2. The average molecular weight is 277 g/mol. The molecule has 0 fully saturated rings. The molecule has 0 aliphatic rings. The van der Waals surface area contributed by atoms with E-state index in [1.54, 1.807) is 0 Å². The van der Waals surface area contributed by atoms with Crippen LogP contribution in [0.25, 0.3) is 0 Å². The van der Waals surface area contributed by atoms with Gasteiger partial charge in [0.1, 0.15) is 0 Å². The molecule has 0 saturated heterocycles. The first-order valence-electron chi connectivity index (χ1n) is 7.42. The van der Waals surface area contributed by atoms with Gasteiger partial charge in [-0.1, -0.05) is 68.0 Å². The maximum Gasteiger partial charge on any atom is 0.0630 e. The molecule has 0 unspecified atom stereocenters. The number of hydrogen-bond donors (Lipinski definition) is 0. The van der Waals surface area contributed by atoms with Gasteiger partial charge in [-0.25, -0.2) is 0 Å². The molecule has 0 N–H and O–H groups in total. The number of aryl methyl sites for hydroxylation is 1. The first-order chi connectivity index (χ1) is 10.0. The molecule has 0 saturated carbocycles. The Labute approximate surface area is 128 Å². The van der Waals surface area contributed by atoms with E-state index in [-0.39, 0.29) is 0 Å². The highest BCUT2D eigenvalue weighted by Gasteiger charge is 2.01. The third kappa shape index (κ3) is 4.71. The lowest BCUT2D eigenvalue weighted by Gasteiger charge is -2.09. The summed E-state index contributed by atoms with van der Waals surface area (Å²) in [6.45, 7) is 10.6. The second-order valence-corrected chi connectivity index (χ2v) is 5.83. The second-order valence-electron chi connectivity index (χ2n) is 5.83. The molecule has 0 spiro atoms. The molecular weight excluding hydrogens is 254 g/mol. The van der Waals surface area contributed by atoms with Crippen LogP contribution in [0.3, 0.4) is 0 Å². The van der Waals surface area contributed by atoms with Crippen LogP contribution < -0.4 is 0 Å². The summed E-state index contributed by atoms with van der Waals surface area (Å²) in [6.07, 6.45) is 2.86. The molecule has 0 aliphatic heterocycles. The predicted molar refractivity (Wildman–Crippen MR) is 92.6 cm³/mol. The lowest BCUT2D eigenvalue weighted by molar-refractivity contribution is 0.745. The van der Waals surface area contributed by atoms with Gasteiger partial charge in [-0.05, 0) is 42.5 Å². The fourth-order valence-electron chi connectivity index (χ4n) is 1.97. The molecule has 1 nitrogen and oxygen atoms in total. The standard InChI is InChI=1S/C20H23N/c1-15(2)17(4)13-18-7-9-19(10-8-18)14-21-20-11-5-16(3)6-12-20/h5-12,14-15H,4,13H2,1-3H3. The monoisotopic (exact) mass is 277 g/mol. The molecule has 0 aliphatic carbocycles. The zero-order valence-corrected chi connectivity index (χ0v) is 13.1. The Hall–Kier alpha value is -2.15. The van der Waals surface area contributed by atoms with Crippen molar-refractivity contribution in [1.82, 2.24) is 0 Å². The third-order valence-corrected chi connectivity index (χ3v) is 3.62. The number of hydrogen-bond acceptors (Lipinski definition) is 1. The van der Waals surface area contributed by atoms with Gasteiger partial charge in [0.25, 0.3) is 0 Å². The predicted octanol–water partition coefficient (Wildman–Crippen LogP) is 5.50. The van der Waals surface area contributed by atoms with Crippen molar-refractivity contribution in [3.63, 3.8) is 0 Å². The minimum Gasteiger partial charge on any atom is -0.256 e. The lowest BCUT2D eigenvalue weighted by atomic mass is 9.97. The summed E-state index contributed by atoms with van der Waals surface area (Å²) in [7, 11) is 0. The first kappa shape index (κ1) is 15.2. The molecule has 1 heteroatoms. The number of allylic oxidation sites excluding steroid dienone is 1. The van der Waals surface area contributed by atoms with Crippen molar-refractivity contribution < 1.29 is 0 Å². The van der Waals surface area contributed by atoms with Gasteiger partial charge >= 0.3 is 0 Å². The summed E-state index contributed by atoms with van der Waals surface area (Å²) >= 11 is 0. The van der Waals surface area contributed by atoms with Crippen molar-refractivity contribution >= 4 is 11.9 Å². The molecule has 0 amide bonds. The average Bonchev–Trinajstić information content (AvgIpc) is 2.48. The van der Waals surface area contributed by atoms with Gasteiger partial charge in [-0.3, -0.25) is 4.99 Å². The smallest absolute Gasteiger partial charge is 0.0630 e. The van der Waals surface area contributed by atoms with E-state index in [4.69, 9.17) is 0 Å². The second kappa shape index (κ2) is 7.03. The molecule has 2 aromatic rings. The lowest BCUT2D eigenvalue weighted by Crippen LogP contribution is -1.96. The normalized spacial score (nSPS) is 11.2. The van der Waals surface area contributed by atoms with E-state index in [0.29, 0.717) is 5.92 Å². The van der Waals surface area contributed by atoms with Gasteiger partial charge in [-0.15, -0.1) is 0 Å². The summed E-state index contributed by atoms with van der Waals surface area (Å²) in [5, 5.41) is 0. The highest BCUT2D eigenvalue weighted by Crippen LogP contribution is 2.15.